The number of hydrogen-bond acceptors (Lipinski definition) is 3. The molecule has 0 radical (unpaired) electrons. The molecule has 2 aromatic carbocycles. The summed E-state index contributed by atoms with van der Waals surface area (Å²) in [5.41, 5.74) is 9.51. The minimum atomic E-state index is 0.0417. The Bertz CT molecular complexity index is 897. The lowest BCUT2D eigenvalue weighted by atomic mass is 10.0. The number of nitrogens with zero attached hydrogens (tertiary/aromatic N) is 3. The van der Waals surface area contributed by atoms with E-state index in [1.165, 1.54) is 0 Å². The molecule has 0 unspecified atom stereocenters. The molecule has 1 fully saturated rings. The second-order valence-electron chi connectivity index (χ2n) is 7.07. The monoisotopic (exact) mass is 360 g/mol. The summed E-state index contributed by atoms with van der Waals surface area (Å²) in [5, 5.41) is 4.75. The van der Waals surface area contributed by atoms with Gasteiger partial charge in [0.25, 0.3) is 5.91 Å². The average molecular weight is 360 g/mol. The molecule has 5 heteroatoms. The lowest BCUT2D eigenvalue weighted by Crippen LogP contribution is -2.42. The summed E-state index contributed by atoms with van der Waals surface area (Å²) in [6.07, 6.45) is 3.58. The molecule has 0 atom stereocenters. The molecule has 0 saturated carbocycles. The van der Waals surface area contributed by atoms with E-state index in [0.29, 0.717) is 25.2 Å². The van der Waals surface area contributed by atoms with Crippen LogP contribution in [-0.4, -0.2) is 39.7 Å². The van der Waals surface area contributed by atoms with Crippen molar-refractivity contribution in [1.29, 1.82) is 0 Å². The van der Waals surface area contributed by atoms with Gasteiger partial charge in [-0.25, -0.2) is 0 Å². The number of aromatic nitrogens is 2. The van der Waals surface area contributed by atoms with Crippen LogP contribution >= 0.6 is 0 Å². The van der Waals surface area contributed by atoms with Crippen LogP contribution in [-0.2, 0) is 6.54 Å². The Morgan fingerprint density at radius 3 is 2.30 bits per heavy atom. The molecule has 0 bridgehead atoms. The van der Waals surface area contributed by atoms with Crippen molar-refractivity contribution in [3.05, 3.63) is 78.0 Å². The molecule has 4 rings (SSSR count). The Balaban J connectivity index is 1.67. The summed E-state index contributed by atoms with van der Waals surface area (Å²) in [5.74, 6) is 0.0417. The van der Waals surface area contributed by atoms with Crippen molar-refractivity contribution >= 4 is 5.91 Å². The van der Waals surface area contributed by atoms with Gasteiger partial charge in [-0.15, -0.1) is 0 Å². The van der Waals surface area contributed by atoms with Crippen LogP contribution in [0.25, 0.3) is 11.3 Å². The number of carbonyl (C=O) groups excluding carboxylic acids is 1. The minimum Gasteiger partial charge on any atom is -0.338 e. The van der Waals surface area contributed by atoms with Crippen LogP contribution in [0.2, 0.25) is 0 Å². The van der Waals surface area contributed by atoms with Crippen LogP contribution < -0.4 is 5.73 Å². The van der Waals surface area contributed by atoms with Gasteiger partial charge in [-0.05, 0) is 18.4 Å². The first kappa shape index (κ1) is 17.5. The number of nitrogens with two attached hydrogens (primary N) is 1. The van der Waals surface area contributed by atoms with E-state index >= 15 is 0 Å². The van der Waals surface area contributed by atoms with Crippen molar-refractivity contribution in [1.82, 2.24) is 14.7 Å². The molecule has 0 aliphatic carbocycles. The first-order valence-corrected chi connectivity index (χ1v) is 9.42. The van der Waals surface area contributed by atoms with Crippen molar-refractivity contribution < 1.29 is 4.79 Å². The molecule has 1 amide bonds. The standard InChI is InChI=1S/C22H24N4O/c23-19-11-13-25(14-12-19)22(27)20-16-26(15-17-7-3-1-4-8-17)24-21(20)18-9-5-2-6-10-18/h1-10,16,19H,11-15,23H2. The van der Waals surface area contributed by atoms with Gasteiger partial charge < -0.3 is 10.6 Å². The maximum Gasteiger partial charge on any atom is 0.257 e. The number of carbonyl (C=O) groups is 1. The van der Waals surface area contributed by atoms with Crippen LogP contribution in [0.3, 0.4) is 0 Å². The van der Waals surface area contributed by atoms with E-state index < -0.39 is 0 Å². The molecule has 5 nitrogen and oxygen atoms in total. The lowest BCUT2D eigenvalue weighted by molar-refractivity contribution is 0.0715. The van der Waals surface area contributed by atoms with Crippen molar-refractivity contribution in [2.24, 2.45) is 5.73 Å². The third-order valence-corrected chi connectivity index (χ3v) is 5.05. The summed E-state index contributed by atoms with van der Waals surface area (Å²) in [7, 11) is 0. The fraction of sp³-hybridized carbons (Fsp3) is 0.273. The zero-order valence-corrected chi connectivity index (χ0v) is 15.3. The van der Waals surface area contributed by atoms with Crippen LogP contribution in [0.5, 0.6) is 0 Å². The number of likely N-dealkylation sites (tertiary alicyclic amines) is 1. The van der Waals surface area contributed by atoms with E-state index in [1.54, 1.807) is 0 Å². The Morgan fingerprint density at radius 2 is 1.63 bits per heavy atom. The van der Waals surface area contributed by atoms with Gasteiger partial charge in [0.1, 0.15) is 5.69 Å². The fourth-order valence-electron chi connectivity index (χ4n) is 3.51. The Kier molecular flexibility index (Phi) is 5.03. The number of benzene rings is 2. The minimum absolute atomic E-state index is 0.0417. The molecule has 3 aromatic rings. The molecule has 2 N–H and O–H groups in total. The molecular formula is C22H24N4O. The summed E-state index contributed by atoms with van der Waals surface area (Å²) in [6, 6.07) is 20.3. The molecule has 2 heterocycles. The quantitative estimate of drug-likeness (QED) is 0.777. The van der Waals surface area contributed by atoms with Gasteiger partial charge in [0.15, 0.2) is 0 Å². The maximum absolute atomic E-state index is 13.2. The molecule has 0 spiro atoms. The predicted octanol–water partition coefficient (Wildman–Crippen LogP) is 3.16. The summed E-state index contributed by atoms with van der Waals surface area (Å²) in [6.45, 7) is 2.05. The van der Waals surface area contributed by atoms with Gasteiger partial charge in [0.05, 0.1) is 12.1 Å². The number of piperidine rings is 1. The fourth-order valence-corrected chi connectivity index (χ4v) is 3.51. The smallest absolute Gasteiger partial charge is 0.257 e. The van der Waals surface area contributed by atoms with Gasteiger partial charge in [-0.3, -0.25) is 9.48 Å². The van der Waals surface area contributed by atoms with E-state index in [2.05, 4.69) is 12.1 Å². The van der Waals surface area contributed by atoms with Gasteiger partial charge in [-0.1, -0.05) is 60.7 Å². The van der Waals surface area contributed by atoms with Crippen molar-refractivity contribution in [3.63, 3.8) is 0 Å². The normalized spacial score (nSPS) is 15.1. The van der Waals surface area contributed by atoms with Crippen LogP contribution in [0.15, 0.2) is 66.9 Å². The highest BCUT2D eigenvalue weighted by molar-refractivity contribution is 5.99. The van der Waals surface area contributed by atoms with Gasteiger partial charge in [0.2, 0.25) is 0 Å². The van der Waals surface area contributed by atoms with Crippen molar-refractivity contribution in [3.8, 4) is 11.3 Å². The predicted molar refractivity (Wildman–Crippen MR) is 106 cm³/mol. The molecule has 1 aromatic heterocycles. The molecule has 1 aliphatic heterocycles. The largest absolute Gasteiger partial charge is 0.338 e. The van der Waals surface area contributed by atoms with E-state index in [4.69, 9.17) is 10.8 Å². The SMILES string of the molecule is NC1CCN(C(=O)c2cn(Cc3ccccc3)nc2-c2ccccc2)CC1. The third kappa shape index (κ3) is 3.93. The Hall–Kier alpha value is -2.92. The molecule has 1 aliphatic rings. The van der Waals surface area contributed by atoms with Crippen LogP contribution in [0, 0.1) is 0 Å². The van der Waals surface area contributed by atoms with E-state index in [1.807, 2.05) is 64.3 Å². The molecule has 27 heavy (non-hydrogen) atoms. The first-order valence-electron chi connectivity index (χ1n) is 9.42. The highest BCUT2D eigenvalue weighted by atomic mass is 16.2. The zero-order chi connectivity index (χ0) is 18.6. The van der Waals surface area contributed by atoms with Gasteiger partial charge >= 0.3 is 0 Å². The van der Waals surface area contributed by atoms with Crippen molar-refractivity contribution in [2.45, 2.75) is 25.4 Å². The number of amides is 1. The number of hydrogen-bond donors (Lipinski definition) is 1. The topological polar surface area (TPSA) is 64.2 Å². The van der Waals surface area contributed by atoms with Gasteiger partial charge in [0, 0.05) is 30.9 Å². The molecule has 138 valence electrons. The molecule has 1 saturated heterocycles. The van der Waals surface area contributed by atoms with E-state index in [0.717, 1.165) is 29.7 Å². The lowest BCUT2D eigenvalue weighted by Gasteiger charge is -2.30. The summed E-state index contributed by atoms with van der Waals surface area (Å²) in [4.78, 5) is 15.1. The summed E-state index contributed by atoms with van der Waals surface area (Å²) >= 11 is 0. The molecular weight excluding hydrogens is 336 g/mol. The van der Waals surface area contributed by atoms with Gasteiger partial charge in [-0.2, -0.15) is 5.10 Å². The summed E-state index contributed by atoms with van der Waals surface area (Å²) < 4.78 is 1.86. The Morgan fingerprint density at radius 1 is 1.00 bits per heavy atom. The zero-order valence-electron chi connectivity index (χ0n) is 15.3. The highest BCUT2D eigenvalue weighted by Crippen LogP contribution is 2.25. The maximum atomic E-state index is 13.2. The average Bonchev–Trinajstić information content (AvgIpc) is 3.13. The first-order chi connectivity index (χ1) is 13.2. The van der Waals surface area contributed by atoms with Crippen LogP contribution in [0.1, 0.15) is 28.8 Å². The second-order valence-corrected chi connectivity index (χ2v) is 7.07. The number of rotatable bonds is 4. The van der Waals surface area contributed by atoms with E-state index in [9.17, 15) is 4.79 Å². The second kappa shape index (κ2) is 7.76. The Labute approximate surface area is 159 Å². The van der Waals surface area contributed by atoms with E-state index in [-0.39, 0.29) is 11.9 Å². The third-order valence-electron chi connectivity index (χ3n) is 5.05. The highest BCUT2D eigenvalue weighted by Gasteiger charge is 2.26. The van der Waals surface area contributed by atoms with Crippen molar-refractivity contribution in [2.75, 3.05) is 13.1 Å². The van der Waals surface area contributed by atoms with Crippen LogP contribution in [0.4, 0.5) is 0 Å².